The van der Waals surface area contributed by atoms with Gasteiger partial charge in [0.2, 0.25) is 5.91 Å². The molecule has 0 aromatic carbocycles. The first-order valence-electron chi connectivity index (χ1n) is 6.80. The fraction of sp³-hybridized carbons (Fsp3) is 0.846. The lowest BCUT2D eigenvalue weighted by molar-refractivity contribution is -0.127. The highest BCUT2D eigenvalue weighted by molar-refractivity contribution is 5.85. The topological polar surface area (TPSA) is 47.9 Å². The first-order valence-corrected chi connectivity index (χ1v) is 6.80. The number of hydrogen-bond acceptors (Lipinski definition) is 2. The van der Waals surface area contributed by atoms with Crippen molar-refractivity contribution < 1.29 is 4.79 Å². The molecule has 1 aliphatic rings. The van der Waals surface area contributed by atoms with Crippen LogP contribution in [-0.4, -0.2) is 61.4 Å². The minimum Gasteiger partial charge on any atom is -0.354 e. The van der Waals surface area contributed by atoms with Crippen molar-refractivity contribution in [3.05, 3.63) is 0 Å². The van der Waals surface area contributed by atoms with Gasteiger partial charge in [-0.2, -0.15) is 0 Å². The zero-order valence-corrected chi connectivity index (χ0v) is 12.1. The second-order valence-corrected chi connectivity index (χ2v) is 5.08. The van der Waals surface area contributed by atoms with Crippen molar-refractivity contribution in [2.75, 3.05) is 33.7 Å². The average molecular weight is 254 g/mol. The summed E-state index contributed by atoms with van der Waals surface area (Å²) in [6.45, 7) is 6.59. The van der Waals surface area contributed by atoms with Crippen molar-refractivity contribution in [2.24, 2.45) is 4.99 Å². The Bertz CT molecular complexity index is 295. The number of rotatable bonds is 4. The molecule has 1 aliphatic heterocycles. The summed E-state index contributed by atoms with van der Waals surface area (Å²) in [4.78, 5) is 19.9. The molecule has 0 spiro atoms. The maximum atomic E-state index is 11.6. The van der Waals surface area contributed by atoms with Crippen LogP contribution in [0.25, 0.3) is 0 Å². The van der Waals surface area contributed by atoms with Gasteiger partial charge >= 0.3 is 0 Å². The highest BCUT2D eigenvalue weighted by Gasteiger charge is 2.17. The summed E-state index contributed by atoms with van der Waals surface area (Å²) in [5.74, 6) is 0.926. The van der Waals surface area contributed by atoms with Gasteiger partial charge in [-0.3, -0.25) is 4.79 Å². The highest BCUT2D eigenvalue weighted by Crippen LogP contribution is 2.08. The Morgan fingerprint density at radius 1 is 1.39 bits per heavy atom. The maximum absolute atomic E-state index is 11.6. The largest absolute Gasteiger partial charge is 0.354 e. The smallest absolute Gasteiger partial charge is 0.243 e. The van der Waals surface area contributed by atoms with E-state index in [2.05, 4.69) is 29.1 Å². The van der Waals surface area contributed by atoms with Crippen LogP contribution in [0.5, 0.6) is 0 Å². The summed E-state index contributed by atoms with van der Waals surface area (Å²) in [6.07, 6.45) is 3.47. The molecular formula is C13H26N4O. The van der Waals surface area contributed by atoms with Gasteiger partial charge in [-0.25, -0.2) is 4.99 Å². The number of carbonyl (C=O) groups is 1. The quantitative estimate of drug-likeness (QED) is 0.599. The fourth-order valence-electron chi connectivity index (χ4n) is 1.77. The van der Waals surface area contributed by atoms with E-state index in [4.69, 9.17) is 0 Å². The van der Waals surface area contributed by atoms with Crippen LogP contribution in [0.2, 0.25) is 0 Å². The molecule has 0 aliphatic carbocycles. The summed E-state index contributed by atoms with van der Waals surface area (Å²) in [5, 5.41) is 3.41. The summed E-state index contributed by atoms with van der Waals surface area (Å²) in [7, 11) is 3.52. The van der Waals surface area contributed by atoms with Gasteiger partial charge in [0.1, 0.15) is 6.54 Å². The second kappa shape index (κ2) is 7.24. The third-order valence-corrected chi connectivity index (χ3v) is 3.26. The van der Waals surface area contributed by atoms with Gasteiger partial charge in [-0.1, -0.05) is 6.92 Å². The minimum atomic E-state index is 0.0395. The number of aliphatic imine (C=N–C) groups is 1. The standard InChI is InChI=1S/C13H26N4O/c1-5-11(2)15-13(17-8-6-7-9-17)14-10-12(18)16(3)4/h11H,5-10H2,1-4H3,(H,14,15). The van der Waals surface area contributed by atoms with Crippen LogP contribution < -0.4 is 5.32 Å². The van der Waals surface area contributed by atoms with Crippen molar-refractivity contribution >= 4 is 11.9 Å². The zero-order chi connectivity index (χ0) is 13.5. The van der Waals surface area contributed by atoms with E-state index in [1.54, 1.807) is 19.0 Å². The van der Waals surface area contributed by atoms with Gasteiger partial charge in [0.05, 0.1) is 0 Å². The molecule has 1 saturated heterocycles. The van der Waals surface area contributed by atoms with E-state index in [0.29, 0.717) is 6.04 Å². The minimum absolute atomic E-state index is 0.0395. The first-order chi connectivity index (χ1) is 8.54. The molecule has 1 amide bonds. The molecule has 0 saturated carbocycles. The number of hydrogen-bond donors (Lipinski definition) is 1. The highest BCUT2D eigenvalue weighted by atomic mass is 16.2. The number of likely N-dealkylation sites (N-methyl/N-ethyl adjacent to an activating group) is 1. The van der Waals surface area contributed by atoms with Crippen molar-refractivity contribution in [3.63, 3.8) is 0 Å². The molecule has 0 aromatic heterocycles. The number of amides is 1. The molecule has 0 bridgehead atoms. The molecule has 5 heteroatoms. The van der Waals surface area contributed by atoms with Crippen LogP contribution in [0.15, 0.2) is 4.99 Å². The Kier molecular flexibility index (Phi) is 5.95. The van der Waals surface area contributed by atoms with E-state index < -0.39 is 0 Å². The third kappa shape index (κ3) is 4.55. The fourth-order valence-corrected chi connectivity index (χ4v) is 1.77. The molecule has 1 unspecified atom stereocenters. The summed E-state index contributed by atoms with van der Waals surface area (Å²) in [5.41, 5.74) is 0. The Labute approximate surface area is 110 Å². The second-order valence-electron chi connectivity index (χ2n) is 5.08. The molecule has 1 rings (SSSR count). The summed E-state index contributed by atoms with van der Waals surface area (Å²) < 4.78 is 0. The molecule has 1 atom stereocenters. The number of nitrogens with zero attached hydrogens (tertiary/aromatic N) is 3. The molecular weight excluding hydrogens is 228 g/mol. The molecule has 0 aromatic rings. The van der Waals surface area contributed by atoms with E-state index in [-0.39, 0.29) is 12.5 Å². The van der Waals surface area contributed by atoms with Crippen molar-refractivity contribution in [1.82, 2.24) is 15.1 Å². The number of guanidine groups is 1. The first kappa shape index (κ1) is 14.8. The molecule has 1 N–H and O–H groups in total. The van der Waals surface area contributed by atoms with E-state index >= 15 is 0 Å². The lowest BCUT2D eigenvalue weighted by Gasteiger charge is -2.24. The van der Waals surface area contributed by atoms with Crippen molar-refractivity contribution in [2.45, 2.75) is 39.2 Å². The summed E-state index contributed by atoms with van der Waals surface area (Å²) >= 11 is 0. The number of likely N-dealkylation sites (tertiary alicyclic amines) is 1. The van der Waals surface area contributed by atoms with E-state index in [0.717, 1.165) is 25.5 Å². The normalized spacial score (nSPS) is 17.8. The molecule has 0 radical (unpaired) electrons. The third-order valence-electron chi connectivity index (χ3n) is 3.26. The van der Waals surface area contributed by atoms with E-state index in [1.165, 1.54) is 12.8 Å². The zero-order valence-electron chi connectivity index (χ0n) is 12.1. The van der Waals surface area contributed by atoms with Crippen LogP contribution in [0.3, 0.4) is 0 Å². The SMILES string of the molecule is CCC(C)NC(=NCC(=O)N(C)C)N1CCCC1. The van der Waals surface area contributed by atoms with Gasteiger partial charge in [-0.15, -0.1) is 0 Å². The van der Waals surface area contributed by atoms with Gasteiger partial charge in [0.15, 0.2) is 5.96 Å². The van der Waals surface area contributed by atoms with Crippen LogP contribution in [0, 0.1) is 0 Å². The predicted octanol–water partition coefficient (Wildman–Crippen LogP) is 0.914. The Morgan fingerprint density at radius 3 is 2.50 bits per heavy atom. The molecule has 5 nitrogen and oxygen atoms in total. The number of carbonyl (C=O) groups excluding carboxylic acids is 1. The van der Waals surface area contributed by atoms with Gasteiger partial charge < -0.3 is 15.1 Å². The number of nitrogens with one attached hydrogen (secondary N) is 1. The molecule has 1 fully saturated rings. The van der Waals surface area contributed by atoms with Gasteiger partial charge in [-0.05, 0) is 26.2 Å². The molecule has 18 heavy (non-hydrogen) atoms. The monoisotopic (exact) mass is 254 g/mol. The lowest BCUT2D eigenvalue weighted by Crippen LogP contribution is -2.44. The van der Waals surface area contributed by atoms with Crippen LogP contribution in [-0.2, 0) is 4.79 Å². The van der Waals surface area contributed by atoms with Gasteiger partial charge in [0.25, 0.3) is 0 Å². The lowest BCUT2D eigenvalue weighted by atomic mass is 10.3. The van der Waals surface area contributed by atoms with Crippen LogP contribution >= 0.6 is 0 Å². The van der Waals surface area contributed by atoms with Crippen molar-refractivity contribution in [3.8, 4) is 0 Å². The van der Waals surface area contributed by atoms with Crippen molar-refractivity contribution in [1.29, 1.82) is 0 Å². The van der Waals surface area contributed by atoms with E-state index in [1.807, 2.05) is 0 Å². The van der Waals surface area contributed by atoms with Crippen LogP contribution in [0.4, 0.5) is 0 Å². The predicted molar refractivity (Wildman–Crippen MR) is 74.7 cm³/mol. The maximum Gasteiger partial charge on any atom is 0.243 e. The Balaban J connectivity index is 2.63. The molecule has 1 heterocycles. The van der Waals surface area contributed by atoms with Gasteiger partial charge in [0, 0.05) is 33.2 Å². The van der Waals surface area contributed by atoms with E-state index in [9.17, 15) is 4.79 Å². The summed E-state index contributed by atoms with van der Waals surface area (Å²) in [6, 6.07) is 0.388. The molecule has 104 valence electrons. The van der Waals surface area contributed by atoms with Crippen LogP contribution in [0.1, 0.15) is 33.1 Å². The average Bonchev–Trinajstić information content (AvgIpc) is 2.87. The Hall–Kier alpha value is -1.26. The Morgan fingerprint density at radius 2 is 2.00 bits per heavy atom.